The first-order valence-corrected chi connectivity index (χ1v) is 5.39. The molecule has 4 aliphatic rings. The van der Waals surface area contributed by atoms with Gasteiger partial charge in [0, 0.05) is 0 Å². The molecule has 4 rings (SSSR count). The third-order valence-corrected chi connectivity index (χ3v) is 4.29. The van der Waals surface area contributed by atoms with Gasteiger partial charge in [-0.25, -0.2) is 4.79 Å². The molecule has 0 aromatic carbocycles. The van der Waals surface area contributed by atoms with E-state index in [1.54, 1.807) is 6.08 Å². The van der Waals surface area contributed by atoms with E-state index in [1.165, 1.54) is 38.5 Å². The van der Waals surface area contributed by atoms with Crippen molar-refractivity contribution < 1.29 is 4.79 Å². The smallest absolute Gasteiger partial charge is 0.211 e. The summed E-state index contributed by atoms with van der Waals surface area (Å²) in [5.41, 5.74) is 0.0521. The fourth-order valence-electron chi connectivity index (χ4n) is 4.30. The monoisotopic (exact) mass is 177 g/mol. The molecule has 0 amide bonds. The number of aliphatic imine (C=N–C) groups is 1. The van der Waals surface area contributed by atoms with Crippen LogP contribution in [0.25, 0.3) is 0 Å². The van der Waals surface area contributed by atoms with E-state index in [0.717, 1.165) is 17.8 Å². The standard InChI is InChI=1S/C11H15NO/c13-7-12-11-4-8-1-9(5-11)3-10(2-8)6-11/h8-10H,1-6H2/t8-,9+,10-,11-. The highest BCUT2D eigenvalue weighted by Gasteiger charge is 2.51. The molecule has 4 fully saturated rings. The summed E-state index contributed by atoms with van der Waals surface area (Å²) < 4.78 is 0. The van der Waals surface area contributed by atoms with Gasteiger partial charge >= 0.3 is 0 Å². The molecule has 70 valence electrons. The molecule has 0 heterocycles. The molecule has 0 aliphatic heterocycles. The zero-order valence-electron chi connectivity index (χ0n) is 7.83. The molecule has 0 atom stereocenters. The van der Waals surface area contributed by atoms with Crippen LogP contribution in [-0.4, -0.2) is 11.6 Å². The van der Waals surface area contributed by atoms with Gasteiger partial charge in [-0.1, -0.05) is 0 Å². The van der Waals surface area contributed by atoms with Crippen LogP contribution in [0.1, 0.15) is 38.5 Å². The highest BCUT2D eigenvalue weighted by molar-refractivity contribution is 5.35. The average molecular weight is 177 g/mol. The summed E-state index contributed by atoms with van der Waals surface area (Å²) in [6.07, 6.45) is 9.56. The van der Waals surface area contributed by atoms with Gasteiger partial charge in [-0.15, -0.1) is 0 Å². The SMILES string of the molecule is O=C=N[C@]12C[C@H]3C[C@H](C[C@H](C3)C1)C2. The van der Waals surface area contributed by atoms with E-state index < -0.39 is 0 Å². The van der Waals surface area contributed by atoms with E-state index in [4.69, 9.17) is 0 Å². The lowest BCUT2D eigenvalue weighted by molar-refractivity contribution is 0.00170. The molecular formula is C11H15NO. The van der Waals surface area contributed by atoms with Crippen LogP contribution in [-0.2, 0) is 4.79 Å². The summed E-state index contributed by atoms with van der Waals surface area (Å²) in [4.78, 5) is 14.5. The zero-order chi connectivity index (χ0) is 8.89. The largest absolute Gasteiger partial charge is 0.235 e. The minimum absolute atomic E-state index is 0.0521. The second-order valence-electron chi connectivity index (χ2n) is 5.34. The lowest BCUT2D eigenvalue weighted by atomic mass is 9.53. The zero-order valence-corrected chi connectivity index (χ0v) is 7.83. The Kier molecular flexibility index (Phi) is 1.46. The van der Waals surface area contributed by atoms with Gasteiger partial charge < -0.3 is 0 Å². The maximum atomic E-state index is 10.4. The van der Waals surface area contributed by atoms with Gasteiger partial charge in [-0.3, -0.25) is 0 Å². The van der Waals surface area contributed by atoms with E-state index in [0.29, 0.717) is 0 Å². The topological polar surface area (TPSA) is 29.4 Å². The van der Waals surface area contributed by atoms with E-state index >= 15 is 0 Å². The third-order valence-electron chi connectivity index (χ3n) is 4.29. The van der Waals surface area contributed by atoms with Crippen LogP contribution >= 0.6 is 0 Å². The van der Waals surface area contributed by atoms with E-state index in [2.05, 4.69) is 4.99 Å². The van der Waals surface area contributed by atoms with Crippen molar-refractivity contribution in [1.29, 1.82) is 0 Å². The van der Waals surface area contributed by atoms with Crippen LogP contribution < -0.4 is 0 Å². The molecule has 0 aromatic rings. The summed E-state index contributed by atoms with van der Waals surface area (Å²) in [6.45, 7) is 0. The Balaban J connectivity index is 1.95. The van der Waals surface area contributed by atoms with E-state index in [-0.39, 0.29) is 5.54 Å². The Hall–Kier alpha value is -0.620. The summed E-state index contributed by atoms with van der Waals surface area (Å²) in [5, 5.41) is 0. The van der Waals surface area contributed by atoms with Crippen molar-refractivity contribution in [2.24, 2.45) is 22.7 Å². The third kappa shape index (κ3) is 1.08. The van der Waals surface area contributed by atoms with Crippen LogP contribution in [0.15, 0.2) is 4.99 Å². The maximum absolute atomic E-state index is 10.4. The van der Waals surface area contributed by atoms with Crippen LogP contribution in [0, 0.1) is 17.8 Å². The van der Waals surface area contributed by atoms with Crippen molar-refractivity contribution >= 4 is 6.08 Å². The summed E-state index contributed by atoms with van der Waals surface area (Å²) in [5.74, 6) is 2.63. The van der Waals surface area contributed by atoms with Crippen LogP contribution in [0.2, 0.25) is 0 Å². The van der Waals surface area contributed by atoms with Crippen molar-refractivity contribution in [3.8, 4) is 0 Å². The number of hydrogen-bond donors (Lipinski definition) is 0. The lowest BCUT2D eigenvalue weighted by Gasteiger charge is -2.54. The van der Waals surface area contributed by atoms with Crippen LogP contribution in [0.3, 0.4) is 0 Å². The van der Waals surface area contributed by atoms with Crippen LogP contribution in [0.5, 0.6) is 0 Å². The quantitative estimate of drug-likeness (QED) is 0.446. The molecule has 2 nitrogen and oxygen atoms in total. The van der Waals surface area contributed by atoms with Gasteiger partial charge in [0.15, 0.2) is 0 Å². The molecule has 0 aromatic heterocycles. The Morgan fingerprint density at radius 3 is 1.85 bits per heavy atom. The number of rotatable bonds is 1. The molecule has 2 heteroatoms. The molecule has 0 unspecified atom stereocenters. The first-order chi connectivity index (χ1) is 6.30. The molecule has 0 spiro atoms. The molecule has 0 saturated heterocycles. The van der Waals surface area contributed by atoms with Crippen LogP contribution in [0.4, 0.5) is 0 Å². The van der Waals surface area contributed by atoms with Gasteiger partial charge in [-0.2, -0.15) is 4.99 Å². The first-order valence-electron chi connectivity index (χ1n) is 5.39. The van der Waals surface area contributed by atoms with Crippen molar-refractivity contribution in [2.75, 3.05) is 0 Å². The Bertz CT molecular complexity index is 243. The second kappa shape index (κ2) is 2.45. The molecule has 0 N–H and O–H groups in total. The fraction of sp³-hybridized carbons (Fsp3) is 0.909. The Morgan fingerprint density at radius 2 is 1.46 bits per heavy atom. The highest BCUT2D eigenvalue weighted by Crippen LogP contribution is 2.56. The van der Waals surface area contributed by atoms with E-state index in [9.17, 15) is 4.79 Å². The normalized spacial score (nSPS) is 51.8. The van der Waals surface area contributed by atoms with Crippen molar-refractivity contribution in [3.05, 3.63) is 0 Å². The Labute approximate surface area is 78.4 Å². The van der Waals surface area contributed by atoms with Crippen molar-refractivity contribution in [3.63, 3.8) is 0 Å². The number of carbonyl (C=O) groups excluding carboxylic acids is 1. The van der Waals surface area contributed by atoms with Crippen molar-refractivity contribution in [2.45, 2.75) is 44.1 Å². The average Bonchev–Trinajstić information content (AvgIpc) is 2.00. The summed E-state index contributed by atoms with van der Waals surface area (Å²) >= 11 is 0. The Morgan fingerprint density at radius 1 is 1.00 bits per heavy atom. The molecule has 4 saturated carbocycles. The number of isocyanates is 1. The maximum Gasteiger partial charge on any atom is 0.235 e. The fourth-order valence-corrected chi connectivity index (χ4v) is 4.30. The van der Waals surface area contributed by atoms with Gasteiger partial charge in [0.05, 0.1) is 5.54 Å². The van der Waals surface area contributed by atoms with Gasteiger partial charge in [-0.05, 0) is 56.3 Å². The molecule has 13 heavy (non-hydrogen) atoms. The molecule has 4 bridgehead atoms. The molecule has 0 radical (unpaired) electrons. The number of hydrogen-bond acceptors (Lipinski definition) is 2. The minimum atomic E-state index is 0.0521. The van der Waals surface area contributed by atoms with Gasteiger partial charge in [0.25, 0.3) is 0 Å². The van der Waals surface area contributed by atoms with Crippen molar-refractivity contribution in [1.82, 2.24) is 0 Å². The van der Waals surface area contributed by atoms with E-state index in [1.807, 2.05) is 0 Å². The predicted octanol–water partition coefficient (Wildman–Crippen LogP) is 2.29. The number of nitrogens with zero attached hydrogens (tertiary/aromatic N) is 1. The first kappa shape index (κ1) is 7.75. The second-order valence-corrected chi connectivity index (χ2v) is 5.34. The summed E-state index contributed by atoms with van der Waals surface area (Å²) in [7, 11) is 0. The molecular weight excluding hydrogens is 162 g/mol. The predicted molar refractivity (Wildman–Crippen MR) is 49.0 cm³/mol. The molecule has 4 aliphatic carbocycles. The minimum Gasteiger partial charge on any atom is -0.211 e. The lowest BCUT2D eigenvalue weighted by Crippen LogP contribution is -2.49. The van der Waals surface area contributed by atoms with Gasteiger partial charge in [0.2, 0.25) is 6.08 Å². The van der Waals surface area contributed by atoms with Gasteiger partial charge in [0.1, 0.15) is 0 Å². The summed E-state index contributed by atoms with van der Waals surface area (Å²) in [6, 6.07) is 0. The highest BCUT2D eigenvalue weighted by atomic mass is 16.1.